The van der Waals surface area contributed by atoms with Crippen LogP contribution in [0.5, 0.6) is 11.5 Å². The number of ether oxygens (including phenoxy) is 3. The minimum atomic E-state index is -1.20. The van der Waals surface area contributed by atoms with E-state index < -0.39 is 28.5 Å². The van der Waals surface area contributed by atoms with Crippen LogP contribution in [0.25, 0.3) is 0 Å². The highest BCUT2D eigenvalue weighted by molar-refractivity contribution is 6.03. The largest absolute Gasteiger partial charge is 0.486 e. The molecule has 0 fully saturated rings. The summed E-state index contributed by atoms with van der Waals surface area (Å²) in [5.41, 5.74) is -0.0500. The molecule has 3 rings (SSSR count). The zero-order chi connectivity index (χ0) is 23.3. The number of nitro benzene ring substituents is 1. The number of benzene rings is 2. The van der Waals surface area contributed by atoms with Crippen molar-refractivity contribution in [2.75, 3.05) is 18.5 Å². The van der Waals surface area contributed by atoms with Gasteiger partial charge in [0.05, 0.1) is 11.0 Å². The van der Waals surface area contributed by atoms with Gasteiger partial charge < -0.3 is 19.5 Å². The standard InChI is InChI=1S/C22H22N2O8/c1-3-4-20(25)23-15-7-5-14(6-8-15)21(26)13(2)32-22(27)16-11-18-19(31-10-9-30-18)12-17(16)24(28)29/h5-8,11-13H,3-4,9-10H2,1-2H3,(H,23,25)/t13-/m1/s1. The number of nitro groups is 1. The first-order valence-corrected chi connectivity index (χ1v) is 10.0. The fourth-order valence-corrected chi connectivity index (χ4v) is 3.07. The summed E-state index contributed by atoms with van der Waals surface area (Å²) in [7, 11) is 0. The maximum atomic E-state index is 12.7. The van der Waals surface area contributed by atoms with Crippen molar-refractivity contribution in [1.82, 2.24) is 0 Å². The van der Waals surface area contributed by atoms with Crippen LogP contribution in [0.2, 0.25) is 0 Å². The third kappa shape index (κ3) is 5.20. The number of rotatable bonds is 8. The predicted octanol–water partition coefficient (Wildman–Crippen LogP) is 3.53. The van der Waals surface area contributed by atoms with Crippen molar-refractivity contribution in [1.29, 1.82) is 0 Å². The fourth-order valence-electron chi connectivity index (χ4n) is 3.07. The first-order valence-electron chi connectivity index (χ1n) is 10.0. The minimum absolute atomic E-state index is 0.130. The zero-order valence-electron chi connectivity index (χ0n) is 17.6. The van der Waals surface area contributed by atoms with Crippen LogP contribution in [-0.4, -0.2) is 41.9 Å². The van der Waals surface area contributed by atoms with Gasteiger partial charge in [0.15, 0.2) is 17.6 Å². The number of amides is 1. The van der Waals surface area contributed by atoms with Crippen molar-refractivity contribution >= 4 is 29.0 Å². The lowest BCUT2D eigenvalue weighted by Gasteiger charge is -2.19. The Bertz CT molecular complexity index is 1050. The van der Waals surface area contributed by atoms with E-state index in [0.717, 1.165) is 6.07 Å². The van der Waals surface area contributed by atoms with Gasteiger partial charge in [-0.15, -0.1) is 0 Å². The molecule has 0 unspecified atom stereocenters. The monoisotopic (exact) mass is 442 g/mol. The Kier molecular flexibility index (Phi) is 7.04. The number of hydrogen-bond donors (Lipinski definition) is 1. The molecule has 168 valence electrons. The first-order chi connectivity index (χ1) is 15.3. The van der Waals surface area contributed by atoms with Gasteiger partial charge in [0.25, 0.3) is 5.69 Å². The van der Waals surface area contributed by atoms with E-state index in [-0.39, 0.29) is 41.7 Å². The number of hydrogen-bond acceptors (Lipinski definition) is 8. The van der Waals surface area contributed by atoms with E-state index >= 15 is 0 Å². The molecule has 2 aromatic rings. The molecule has 10 nitrogen and oxygen atoms in total. The molecule has 1 atom stereocenters. The lowest BCUT2D eigenvalue weighted by molar-refractivity contribution is -0.385. The molecule has 0 spiro atoms. The van der Waals surface area contributed by atoms with E-state index in [1.54, 1.807) is 12.1 Å². The van der Waals surface area contributed by atoms with Crippen molar-refractivity contribution < 1.29 is 33.5 Å². The summed E-state index contributed by atoms with van der Waals surface area (Å²) >= 11 is 0. The van der Waals surface area contributed by atoms with Crippen molar-refractivity contribution in [3.63, 3.8) is 0 Å². The Morgan fingerprint density at radius 2 is 1.75 bits per heavy atom. The van der Waals surface area contributed by atoms with Crippen LogP contribution in [-0.2, 0) is 9.53 Å². The smallest absolute Gasteiger partial charge is 0.346 e. The molecule has 0 saturated heterocycles. The van der Waals surface area contributed by atoms with Gasteiger partial charge >= 0.3 is 5.97 Å². The minimum Gasteiger partial charge on any atom is -0.486 e. The molecule has 1 N–H and O–H groups in total. The summed E-state index contributed by atoms with van der Waals surface area (Å²) in [6.07, 6.45) is -0.0946. The maximum absolute atomic E-state index is 12.7. The molecular weight excluding hydrogens is 420 g/mol. The maximum Gasteiger partial charge on any atom is 0.346 e. The number of ketones is 1. The molecule has 1 heterocycles. The summed E-state index contributed by atoms with van der Waals surface area (Å²) < 4.78 is 15.9. The number of fused-ring (bicyclic) bond motifs is 1. The lowest BCUT2D eigenvalue weighted by Crippen LogP contribution is -2.25. The lowest BCUT2D eigenvalue weighted by atomic mass is 10.1. The van der Waals surface area contributed by atoms with E-state index in [0.29, 0.717) is 18.5 Å². The van der Waals surface area contributed by atoms with E-state index in [1.807, 2.05) is 6.92 Å². The highest BCUT2D eigenvalue weighted by Gasteiger charge is 2.29. The third-order valence-electron chi connectivity index (χ3n) is 4.66. The summed E-state index contributed by atoms with van der Waals surface area (Å²) in [5.74, 6) is -1.30. The number of carbonyl (C=O) groups is 3. The highest BCUT2D eigenvalue weighted by Crippen LogP contribution is 2.37. The molecule has 32 heavy (non-hydrogen) atoms. The second-order valence-electron chi connectivity index (χ2n) is 7.06. The van der Waals surface area contributed by atoms with Crippen LogP contribution in [0, 0.1) is 10.1 Å². The van der Waals surface area contributed by atoms with Crippen LogP contribution >= 0.6 is 0 Å². The predicted molar refractivity (Wildman–Crippen MR) is 113 cm³/mol. The van der Waals surface area contributed by atoms with Crippen LogP contribution in [0.4, 0.5) is 11.4 Å². The van der Waals surface area contributed by atoms with Crippen molar-refractivity contribution in [2.45, 2.75) is 32.8 Å². The van der Waals surface area contributed by atoms with Crippen LogP contribution in [0.1, 0.15) is 47.4 Å². The molecule has 10 heteroatoms. The van der Waals surface area contributed by atoms with Gasteiger partial charge in [-0.05, 0) is 37.6 Å². The highest BCUT2D eigenvalue weighted by atomic mass is 16.6. The molecule has 1 aliphatic rings. The van der Waals surface area contributed by atoms with Crippen LogP contribution < -0.4 is 14.8 Å². The zero-order valence-corrected chi connectivity index (χ0v) is 17.6. The van der Waals surface area contributed by atoms with Gasteiger partial charge in [-0.2, -0.15) is 0 Å². The SMILES string of the molecule is CCCC(=O)Nc1ccc(C(=O)[C@@H](C)OC(=O)c2cc3c(cc2[N+](=O)[O-])OCCO3)cc1. The Hall–Kier alpha value is -3.95. The molecule has 1 amide bonds. The number of carbonyl (C=O) groups excluding carboxylic acids is 3. The Labute approximate surface area is 183 Å². The number of nitrogens with one attached hydrogen (secondary N) is 1. The molecular formula is C22H22N2O8. The molecule has 0 radical (unpaired) electrons. The molecule has 0 saturated carbocycles. The number of esters is 1. The Morgan fingerprint density at radius 3 is 2.34 bits per heavy atom. The average molecular weight is 442 g/mol. The number of nitrogens with zero attached hydrogens (tertiary/aromatic N) is 1. The summed E-state index contributed by atoms with van der Waals surface area (Å²) in [4.78, 5) is 47.6. The molecule has 0 aliphatic carbocycles. The second-order valence-corrected chi connectivity index (χ2v) is 7.06. The number of anilines is 1. The van der Waals surface area contributed by atoms with Crippen molar-refractivity contribution in [3.8, 4) is 11.5 Å². The van der Waals surface area contributed by atoms with Gasteiger partial charge in [0.1, 0.15) is 18.8 Å². The van der Waals surface area contributed by atoms with Gasteiger partial charge in [0.2, 0.25) is 11.7 Å². The molecule has 1 aliphatic heterocycles. The van der Waals surface area contributed by atoms with Crippen LogP contribution in [0.15, 0.2) is 36.4 Å². The first kappa shape index (κ1) is 22.7. The van der Waals surface area contributed by atoms with Gasteiger partial charge in [-0.1, -0.05) is 6.92 Å². The Morgan fingerprint density at radius 1 is 1.12 bits per heavy atom. The number of Topliss-reactive ketones (excluding diaryl/α,β-unsaturated/α-hetero) is 1. The van der Waals surface area contributed by atoms with Gasteiger partial charge in [0, 0.05) is 23.7 Å². The summed E-state index contributed by atoms with van der Waals surface area (Å²) in [6, 6.07) is 8.42. The van der Waals surface area contributed by atoms with E-state index in [1.165, 1.54) is 25.1 Å². The van der Waals surface area contributed by atoms with E-state index in [4.69, 9.17) is 14.2 Å². The van der Waals surface area contributed by atoms with Crippen molar-refractivity contribution in [2.24, 2.45) is 0 Å². The van der Waals surface area contributed by atoms with Gasteiger partial charge in [-0.25, -0.2) is 4.79 Å². The third-order valence-corrected chi connectivity index (χ3v) is 4.66. The Balaban J connectivity index is 1.72. The summed E-state index contributed by atoms with van der Waals surface area (Å²) in [6.45, 7) is 3.74. The van der Waals surface area contributed by atoms with Crippen LogP contribution in [0.3, 0.4) is 0 Å². The normalized spacial score (nSPS) is 13.1. The molecule has 0 aromatic heterocycles. The molecule has 2 aromatic carbocycles. The topological polar surface area (TPSA) is 134 Å². The van der Waals surface area contributed by atoms with Gasteiger partial charge in [-0.3, -0.25) is 19.7 Å². The average Bonchev–Trinajstić information content (AvgIpc) is 2.78. The van der Waals surface area contributed by atoms with Crippen molar-refractivity contribution in [3.05, 3.63) is 57.6 Å². The van der Waals surface area contributed by atoms with E-state index in [2.05, 4.69) is 5.32 Å². The van der Waals surface area contributed by atoms with E-state index in [9.17, 15) is 24.5 Å². The summed E-state index contributed by atoms with van der Waals surface area (Å²) in [5, 5.41) is 14.1. The quantitative estimate of drug-likeness (QED) is 0.284. The molecule has 0 bridgehead atoms. The second kappa shape index (κ2) is 9.90. The fraction of sp³-hybridized carbons (Fsp3) is 0.318.